The van der Waals surface area contributed by atoms with Crippen molar-refractivity contribution in [3.05, 3.63) is 34.6 Å². The summed E-state index contributed by atoms with van der Waals surface area (Å²) in [5.74, 6) is 0. The lowest BCUT2D eigenvalue weighted by atomic mass is 9.77. The first-order valence-corrected chi connectivity index (χ1v) is 7.77. The standard InChI is InChI=1S/C17H24BN3O2/c1-12-7-13(10-21-15(12)9-19)8-14(11-20-6)18-22-16(2,3)17(4,5)23-18/h7-8,10,20H,11H2,1-6H3. The Kier molecular flexibility index (Phi) is 4.95. The van der Waals surface area contributed by atoms with E-state index in [1.54, 1.807) is 6.20 Å². The van der Waals surface area contributed by atoms with E-state index in [2.05, 4.69) is 16.4 Å². The van der Waals surface area contributed by atoms with Gasteiger partial charge in [-0.1, -0.05) is 6.08 Å². The minimum absolute atomic E-state index is 0.372. The molecule has 0 aromatic carbocycles. The van der Waals surface area contributed by atoms with Crippen LogP contribution in [0.1, 0.15) is 44.5 Å². The van der Waals surface area contributed by atoms with Crippen LogP contribution in [0.15, 0.2) is 17.7 Å². The molecular weight excluding hydrogens is 289 g/mol. The fraction of sp³-hybridized carbons (Fsp3) is 0.529. The van der Waals surface area contributed by atoms with Crippen LogP contribution in [-0.4, -0.2) is 36.9 Å². The molecule has 23 heavy (non-hydrogen) atoms. The minimum atomic E-state index is -0.400. The largest absolute Gasteiger partial charge is 0.491 e. The van der Waals surface area contributed by atoms with Gasteiger partial charge in [0.1, 0.15) is 11.8 Å². The van der Waals surface area contributed by atoms with Crippen LogP contribution in [0.5, 0.6) is 0 Å². The summed E-state index contributed by atoms with van der Waals surface area (Å²) in [4.78, 5) is 4.19. The molecule has 1 aromatic heterocycles. The first-order valence-electron chi connectivity index (χ1n) is 7.77. The summed E-state index contributed by atoms with van der Waals surface area (Å²) in [5.41, 5.74) is 2.50. The highest BCUT2D eigenvalue weighted by Crippen LogP contribution is 2.38. The third-order valence-corrected chi connectivity index (χ3v) is 4.49. The highest BCUT2D eigenvalue weighted by molar-refractivity contribution is 6.55. The summed E-state index contributed by atoms with van der Waals surface area (Å²) in [6.07, 6.45) is 3.71. The number of hydrogen-bond donors (Lipinski definition) is 1. The second-order valence-corrected chi connectivity index (χ2v) is 6.88. The number of pyridine rings is 1. The van der Waals surface area contributed by atoms with Gasteiger partial charge in [-0.3, -0.25) is 0 Å². The second kappa shape index (κ2) is 6.44. The third-order valence-electron chi connectivity index (χ3n) is 4.49. The molecule has 1 aliphatic rings. The summed E-state index contributed by atoms with van der Waals surface area (Å²) < 4.78 is 12.2. The molecule has 0 aliphatic carbocycles. The van der Waals surface area contributed by atoms with Crippen molar-refractivity contribution >= 4 is 13.2 Å². The third kappa shape index (κ3) is 3.64. The SMILES string of the molecule is CNCC(=Cc1cnc(C#N)c(C)c1)B1OC(C)(C)C(C)(C)O1. The summed E-state index contributed by atoms with van der Waals surface area (Å²) >= 11 is 0. The van der Waals surface area contributed by atoms with Gasteiger partial charge >= 0.3 is 7.12 Å². The van der Waals surface area contributed by atoms with E-state index in [1.807, 2.05) is 53.8 Å². The van der Waals surface area contributed by atoms with Crippen molar-refractivity contribution in [1.82, 2.24) is 10.3 Å². The number of hydrogen-bond acceptors (Lipinski definition) is 5. The molecule has 0 bridgehead atoms. The van der Waals surface area contributed by atoms with Gasteiger partial charge in [0.05, 0.1) is 11.2 Å². The lowest BCUT2D eigenvalue weighted by molar-refractivity contribution is 0.00578. The number of aryl methyl sites for hydroxylation is 1. The number of nitriles is 1. The number of nitrogens with zero attached hydrogens (tertiary/aromatic N) is 2. The van der Waals surface area contributed by atoms with Gasteiger partial charge < -0.3 is 14.6 Å². The molecule has 0 atom stereocenters. The monoisotopic (exact) mass is 313 g/mol. The molecule has 1 aromatic rings. The molecule has 5 nitrogen and oxygen atoms in total. The van der Waals surface area contributed by atoms with Gasteiger partial charge in [0, 0.05) is 12.7 Å². The van der Waals surface area contributed by atoms with Gasteiger partial charge in [-0.05, 0) is 64.3 Å². The van der Waals surface area contributed by atoms with E-state index in [0.717, 1.165) is 16.6 Å². The number of rotatable bonds is 4. The van der Waals surface area contributed by atoms with Crippen LogP contribution in [0, 0.1) is 18.3 Å². The van der Waals surface area contributed by atoms with Gasteiger partial charge in [-0.25, -0.2) is 4.98 Å². The summed E-state index contributed by atoms with van der Waals surface area (Å²) in [6.45, 7) is 10.7. The maximum Gasteiger partial charge on any atom is 0.491 e. The Bertz CT molecular complexity index is 646. The lowest BCUT2D eigenvalue weighted by Crippen LogP contribution is -2.41. The fourth-order valence-corrected chi connectivity index (χ4v) is 2.41. The van der Waals surface area contributed by atoms with Crippen molar-refractivity contribution in [3.63, 3.8) is 0 Å². The fourth-order valence-electron chi connectivity index (χ4n) is 2.41. The number of nitrogens with one attached hydrogen (secondary N) is 1. The summed E-state index contributed by atoms with van der Waals surface area (Å²) in [6, 6.07) is 4.03. The molecule has 6 heteroatoms. The van der Waals surface area contributed by atoms with Crippen LogP contribution in [0.4, 0.5) is 0 Å². The Morgan fingerprint density at radius 3 is 2.43 bits per heavy atom. The highest BCUT2D eigenvalue weighted by atomic mass is 16.7. The first kappa shape index (κ1) is 17.7. The van der Waals surface area contributed by atoms with Crippen LogP contribution < -0.4 is 5.32 Å². The van der Waals surface area contributed by atoms with Crippen molar-refractivity contribution in [2.24, 2.45) is 0 Å². The highest BCUT2D eigenvalue weighted by Gasteiger charge is 2.52. The molecule has 2 rings (SSSR count). The maximum atomic E-state index is 8.99. The van der Waals surface area contributed by atoms with Crippen molar-refractivity contribution < 1.29 is 9.31 Å². The van der Waals surface area contributed by atoms with E-state index < -0.39 is 7.12 Å². The van der Waals surface area contributed by atoms with Crippen LogP contribution in [0.3, 0.4) is 0 Å². The van der Waals surface area contributed by atoms with E-state index in [9.17, 15) is 0 Å². The molecule has 0 spiro atoms. The summed E-state index contributed by atoms with van der Waals surface area (Å²) in [5, 5.41) is 12.1. The second-order valence-electron chi connectivity index (χ2n) is 6.88. The topological polar surface area (TPSA) is 67.2 Å². The van der Waals surface area contributed by atoms with Gasteiger partial charge in [-0.2, -0.15) is 5.26 Å². The summed E-state index contributed by atoms with van der Waals surface area (Å²) in [7, 11) is 1.49. The van der Waals surface area contributed by atoms with Crippen molar-refractivity contribution in [1.29, 1.82) is 5.26 Å². The molecule has 0 radical (unpaired) electrons. The van der Waals surface area contributed by atoms with Crippen molar-refractivity contribution in [3.8, 4) is 6.07 Å². The average Bonchev–Trinajstić information content (AvgIpc) is 2.67. The Morgan fingerprint density at radius 2 is 1.96 bits per heavy atom. The van der Waals surface area contributed by atoms with Crippen LogP contribution in [0.2, 0.25) is 0 Å². The molecule has 1 saturated heterocycles. The zero-order valence-electron chi connectivity index (χ0n) is 14.7. The maximum absolute atomic E-state index is 8.99. The van der Waals surface area contributed by atoms with Gasteiger partial charge in [0.2, 0.25) is 0 Å². The van der Waals surface area contributed by atoms with Crippen LogP contribution >= 0.6 is 0 Å². The smallest absolute Gasteiger partial charge is 0.400 e. The zero-order chi connectivity index (χ0) is 17.3. The molecule has 0 unspecified atom stereocenters. The van der Waals surface area contributed by atoms with Crippen LogP contribution in [-0.2, 0) is 9.31 Å². The lowest BCUT2D eigenvalue weighted by Gasteiger charge is -2.32. The molecular formula is C17H24BN3O2. The predicted molar refractivity (Wildman–Crippen MR) is 91.7 cm³/mol. The van der Waals surface area contributed by atoms with E-state index in [4.69, 9.17) is 14.6 Å². The normalized spacial score (nSPS) is 19.7. The van der Waals surface area contributed by atoms with Gasteiger partial charge in [0.15, 0.2) is 0 Å². The molecule has 2 heterocycles. The molecule has 1 N–H and O–H groups in total. The Labute approximate surface area is 138 Å². The van der Waals surface area contributed by atoms with Crippen molar-refractivity contribution in [2.45, 2.75) is 45.8 Å². The Morgan fingerprint density at radius 1 is 1.35 bits per heavy atom. The quantitative estimate of drug-likeness (QED) is 0.865. The Hall–Kier alpha value is -1.68. The molecule has 122 valence electrons. The van der Waals surface area contributed by atoms with E-state index >= 15 is 0 Å². The minimum Gasteiger partial charge on any atom is -0.400 e. The Balaban J connectivity index is 2.32. The zero-order valence-corrected chi connectivity index (χ0v) is 14.7. The molecule has 0 saturated carbocycles. The molecule has 0 amide bonds. The van der Waals surface area contributed by atoms with E-state index in [0.29, 0.717) is 12.2 Å². The average molecular weight is 313 g/mol. The van der Waals surface area contributed by atoms with E-state index in [1.165, 1.54) is 0 Å². The molecule has 1 fully saturated rings. The molecule has 1 aliphatic heterocycles. The first-order chi connectivity index (χ1) is 10.7. The predicted octanol–water partition coefficient (Wildman–Crippen LogP) is 2.50. The van der Waals surface area contributed by atoms with E-state index in [-0.39, 0.29) is 11.2 Å². The van der Waals surface area contributed by atoms with Gasteiger partial charge in [0.25, 0.3) is 0 Å². The van der Waals surface area contributed by atoms with Crippen molar-refractivity contribution in [2.75, 3.05) is 13.6 Å². The van der Waals surface area contributed by atoms with Gasteiger partial charge in [-0.15, -0.1) is 0 Å². The number of aromatic nitrogens is 1. The van der Waals surface area contributed by atoms with Crippen LogP contribution in [0.25, 0.3) is 6.08 Å². The number of likely N-dealkylation sites (N-methyl/N-ethyl adjacent to an activating group) is 1.